The van der Waals surface area contributed by atoms with Crippen molar-refractivity contribution < 1.29 is 28.2 Å². The highest BCUT2D eigenvalue weighted by Crippen LogP contribution is 2.32. The number of rotatable bonds is 5. The summed E-state index contributed by atoms with van der Waals surface area (Å²) in [6.07, 6.45) is 0. The van der Waals surface area contributed by atoms with Crippen molar-refractivity contribution >= 4 is 23.5 Å². The number of amides is 1. The van der Waals surface area contributed by atoms with E-state index in [1.54, 1.807) is 18.2 Å². The molecule has 0 unspecified atom stereocenters. The molecule has 1 N–H and O–H groups in total. The lowest BCUT2D eigenvalue weighted by Gasteiger charge is -2.08. The highest BCUT2D eigenvalue weighted by molar-refractivity contribution is 6.30. The van der Waals surface area contributed by atoms with Gasteiger partial charge in [-0.2, -0.15) is 0 Å². The van der Waals surface area contributed by atoms with Gasteiger partial charge in [0.1, 0.15) is 5.82 Å². The number of halogens is 2. The fraction of sp³-hybridized carbons (Fsp3) is 0.176. The number of benzene rings is 2. The molecule has 2 aromatic rings. The van der Waals surface area contributed by atoms with E-state index in [0.29, 0.717) is 11.5 Å². The SMILES string of the molecule is O=C(COC(=O)c1ccc(Cl)cc1F)NCc1ccc2c(c1)OCO2. The van der Waals surface area contributed by atoms with Crippen molar-refractivity contribution in [3.05, 3.63) is 58.4 Å². The van der Waals surface area contributed by atoms with Crippen LogP contribution in [0.15, 0.2) is 36.4 Å². The Balaban J connectivity index is 1.48. The van der Waals surface area contributed by atoms with Crippen LogP contribution in [0.25, 0.3) is 0 Å². The maximum absolute atomic E-state index is 13.6. The molecule has 0 saturated heterocycles. The van der Waals surface area contributed by atoms with Gasteiger partial charge in [-0.05, 0) is 35.9 Å². The Morgan fingerprint density at radius 1 is 1.16 bits per heavy atom. The summed E-state index contributed by atoms with van der Waals surface area (Å²) in [5.41, 5.74) is 0.514. The zero-order chi connectivity index (χ0) is 17.8. The van der Waals surface area contributed by atoms with Crippen LogP contribution >= 0.6 is 11.6 Å². The Morgan fingerprint density at radius 3 is 2.76 bits per heavy atom. The normalized spacial score (nSPS) is 11.9. The number of hydrogen-bond donors (Lipinski definition) is 1. The van der Waals surface area contributed by atoms with E-state index in [2.05, 4.69) is 5.32 Å². The smallest absolute Gasteiger partial charge is 0.341 e. The molecule has 0 radical (unpaired) electrons. The number of hydrogen-bond acceptors (Lipinski definition) is 5. The second-order valence-corrected chi connectivity index (χ2v) is 5.60. The molecule has 0 aromatic heterocycles. The lowest BCUT2D eigenvalue weighted by Crippen LogP contribution is -2.28. The topological polar surface area (TPSA) is 73.9 Å². The van der Waals surface area contributed by atoms with E-state index in [9.17, 15) is 14.0 Å². The summed E-state index contributed by atoms with van der Waals surface area (Å²) in [5.74, 6) is -1.00. The highest BCUT2D eigenvalue weighted by Gasteiger charge is 2.16. The summed E-state index contributed by atoms with van der Waals surface area (Å²) in [7, 11) is 0. The van der Waals surface area contributed by atoms with Crippen LogP contribution < -0.4 is 14.8 Å². The lowest BCUT2D eigenvalue weighted by atomic mass is 10.2. The van der Waals surface area contributed by atoms with Crippen molar-refractivity contribution in [1.29, 1.82) is 0 Å². The van der Waals surface area contributed by atoms with Crippen molar-refractivity contribution in [2.75, 3.05) is 13.4 Å². The van der Waals surface area contributed by atoms with Crippen molar-refractivity contribution in [3.63, 3.8) is 0 Å². The first-order chi connectivity index (χ1) is 12.0. The zero-order valence-corrected chi connectivity index (χ0v) is 13.6. The molecular weight excluding hydrogens is 353 g/mol. The third-order valence-electron chi connectivity index (χ3n) is 3.41. The van der Waals surface area contributed by atoms with Gasteiger partial charge in [0.15, 0.2) is 18.1 Å². The molecule has 8 heteroatoms. The van der Waals surface area contributed by atoms with Crippen molar-refractivity contribution in [2.45, 2.75) is 6.54 Å². The number of carbonyl (C=O) groups is 2. The fourth-order valence-electron chi connectivity index (χ4n) is 2.17. The van der Waals surface area contributed by atoms with Crippen LogP contribution in [-0.4, -0.2) is 25.3 Å². The summed E-state index contributed by atoms with van der Waals surface area (Å²) in [5, 5.41) is 2.76. The third-order valence-corrected chi connectivity index (χ3v) is 3.65. The van der Waals surface area contributed by atoms with Gasteiger partial charge >= 0.3 is 5.97 Å². The van der Waals surface area contributed by atoms with E-state index < -0.39 is 24.3 Å². The Morgan fingerprint density at radius 2 is 1.96 bits per heavy atom. The van der Waals surface area contributed by atoms with E-state index in [0.717, 1.165) is 11.6 Å². The molecule has 0 fully saturated rings. The second kappa shape index (κ2) is 7.40. The molecule has 0 aliphatic carbocycles. The van der Waals surface area contributed by atoms with Crippen LogP contribution in [0.3, 0.4) is 0 Å². The van der Waals surface area contributed by atoms with E-state index in [-0.39, 0.29) is 23.9 Å². The number of ether oxygens (including phenoxy) is 3. The molecule has 2 aromatic carbocycles. The van der Waals surface area contributed by atoms with Gasteiger partial charge in [0.2, 0.25) is 6.79 Å². The summed E-state index contributed by atoms with van der Waals surface area (Å²) < 4.78 is 28.8. The molecular formula is C17H13ClFNO5. The summed E-state index contributed by atoms with van der Waals surface area (Å²) >= 11 is 5.61. The Labute approximate surface area is 147 Å². The van der Waals surface area contributed by atoms with Crippen LogP contribution in [0.2, 0.25) is 5.02 Å². The number of fused-ring (bicyclic) bond motifs is 1. The molecule has 1 aliphatic rings. The predicted molar refractivity (Wildman–Crippen MR) is 86.1 cm³/mol. The molecule has 0 spiro atoms. The van der Waals surface area contributed by atoms with Crippen molar-refractivity contribution in [1.82, 2.24) is 5.32 Å². The summed E-state index contributed by atoms with van der Waals surface area (Å²) in [6.45, 7) is -0.129. The van der Waals surface area contributed by atoms with Gasteiger partial charge in [0.05, 0.1) is 5.56 Å². The first-order valence-corrected chi connectivity index (χ1v) is 7.68. The maximum atomic E-state index is 13.6. The minimum Gasteiger partial charge on any atom is -0.454 e. The van der Waals surface area contributed by atoms with Crippen LogP contribution in [0.5, 0.6) is 11.5 Å². The predicted octanol–water partition coefficient (Wildman–Crippen LogP) is 2.68. The molecule has 0 saturated carbocycles. The van der Waals surface area contributed by atoms with Gasteiger partial charge in [-0.25, -0.2) is 9.18 Å². The third kappa shape index (κ3) is 4.19. The van der Waals surface area contributed by atoms with E-state index in [1.807, 2.05) is 0 Å². The number of carbonyl (C=O) groups excluding carboxylic acids is 2. The molecule has 6 nitrogen and oxygen atoms in total. The largest absolute Gasteiger partial charge is 0.454 e. The number of nitrogens with one attached hydrogen (secondary N) is 1. The minimum atomic E-state index is -0.938. The van der Waals surface area contributed by atoms with E-state index in [4.69, 9.17) is 25.8 Å². The molecule has 1 amide bonds. The highest BCUT2D eigenvalue weighted by atomic mass is 35.5. The molecule has 3 rings (SSSR count). The maximum Gasteiger partial charge on any atom is 0.341 e. The van der Waals surface area contributed by atoms with Gasteiger partial charge in [-0.1, -0.05) is 17.7 Å². The van der Waals surface area contributed by atoms with Crippen molar-refractivity contribution in [2.24, 2.45) is 0 Å². The Kier molecular flexibility index (Phi) is 5.04. The van der Waals surface area contributed by atoms with Crippen LogP contribution in [0.4, 0.5) is 4.39 Å². The van der Waals surface area contributed by atoms with E-state index in [1.165, 1.54) is 12.1 Å². The monoisotopic (exact) mass is 365 g/mol. The van der Waals surface area contributed by atoms with Gasteiger partial charge < -0.3 is 19.5 Å². The van der Waals surface area contributed by atoms with Gasteiger partial charge in [0.25, 0.3) is 5.91 Å². The van der Waals surface area contributed by atoms with Gasteiger partial charge in [-0.3, -0.25) is 4.79 Å². The second-order valence-electron chi connectivity index (χ2n) is 5.16. The van der Waals surface area contributed by atoms with Crippen LogP contribution in [0.1, 0.15) is 15.9 Å². The molecule has 1 heterocycles. The van der Waals surface area contributed by atoms with Gasteiger partial charge in [0, 0.05) is 11.6 Å². The molecule has 130 valence electrons. The quantitative estimate of drug-likeness (QED) is 0.825. The molecule has 0 atom stereocenters. The molecule has 1 aliphatic heterocycles. The fourth-order valence-corrected chi connectivity index (χ4v) is 2.33. The molecule has 0 bridgehead atoms. The average Bonchev–Trinajstić information content (AvgIpc) is 3.05. The average molecular weight is 366 g/mol. The number of esters is 1. The minimum absolute atomic E-state index is 0.163. The van der Waals surface area contributed by atoms with E-state index >= 15 is 0 Å². The summed E-state index contributed by atoms with van der Waals surface area (Å²) in [4.78, 5) is 23.5. The van der Waals surface area contributed by atoms with Crippen LogP contribution in [-0.2, 0) is 16.1 Å². The first kappa shape index (κ1) is 17.0. The van der Waals surface area contributed by atoms with Crippen molar-refractivity contribution in [3.8, 4) is 11.5 Å². The van der Waals surface area contributed by atoms with Gasteiger partial charge in [-0.15, -0.1) is 0 Å². The summed E-state index contributed by atoms with van der Waals surface area (Å²) in [6, 6.07) is 8.83. The Bertz CT molecular complexity index is 827. The first-order valence-electron chi connectivity index (χ1n) is 7.30. The standard InChI is InChI=1S/C17H13ClFNO5/c18-11-2-3-12(13(19)6-11)17(22)23-8-16(21)20-7-10-1-4-14-15(5-10)25-9-24-14/h1-6H,7-9H2,(H,20,21). The zero-order valence-electron chi connectivity index (χ0n) is 12.9. The lowest BCUT2D eigenvalue weighted by molar-refractivity contribution is -0.124. The molecule has 25 heavy (non-hydrogen) atoms. The Hall–Kier alpha value is -2.80. The van der Waals surface area contributed by atoms with Crippen LogP contribution in [0, 0.1) is 5.82 Å².